The lowest BCUT2D eigenvalue weighted by Gasteiger charge is -2.37. The second-order valence-electron chi connectivity index (χ2n) is 5.09. The Morgan fingerprint density at radius 1 is 1.41 bits per heavy atom. The van der Waals surface area contributed by atoms with E-state index in [2.05, 4.69) is 24.2 Å². The van der Waals surface area contributed by atoms with E-state index in [1.165, 1.54) is 32.8 Å². The normalized spacial score (nSPS) is 26.9. The zero-order valence-corrected chi connectivity index (χ0v) is 11.5. The number of nitrogens with one attached hydrogen (secondary N) is 1. The zero-order valence-electron chi connectivity index (χ0n) is 11.5. The summed E-state index contributed by atoms with van der Waals surface area (Å²) in [6.07, 6.45) is 5.38. The minimum Gasteiger partial charge on any atom is -0.469 e. The van der Waals surface area contributed by atoms with Crippen LogP contribution in [0.15, 0.2) is 0 Å². The summed E-state index contributed by atoms with van der Waals surface area (Å²) in [6, 6.07) is 1.55. The van der Waals surface area contributed by atoms with Gasteiger partial charge in [0.1, 0.15) is 0 Å². The first kappa shape index (κ1) is 14.5. The standard InChI is InChI=1S/C13H26N2O2/c1-10(9-13(16)17-4)15(3)12-7-5-11(14-2)6-8-12/h10-12,14H,5-9H2,1-4H3. The Morgan fingerprint density at radius 3 is 2.47 bits per heavy atom. The molecule has 1 aliphatic rings. The SMILES string of the molecule is CNC1CCC(N(C)C(C)CC(=O)OC)CC1. The summed E-state index contributed by atoms with van der Waals surface area (Å²) in [5, 5.41) is 3.34. The summed E-state index contributed by atoms with van der Waals surface area (Å²) in [6.45, 7) is 2.10. The summed E-state index contributed by atoms with van der Waals surface area (Å²) in [5.74, 6) is -0.117. The van der Waals surface area contributed by atoms with Gasteiger partial charge in [0.25, 0.3) is 0 Å². The van der Waals surface area contributed by atoms with Gasteiger partial charge in [0.05, 0.1) is 13.5 Å². The monoisotopic (exact) mass is 242 g/mol. The summed E-state index contributed by atoms with van der Waals surface area (Å²) < 4.78 is 4.72. The number of esters is 1. The van der Waals surface area contributed by atoms with Gasteiger partial charge in [-0.15, -0.1) is 0 Å². The summed E-state index contributed by atoms with van der Waals surface area (Å²) >= 11 is 0. The maximum absolute atomic E-state index is 11.2. The zero-order chi connectivity index (χ0) is 12.8. The number of hydrogen-bond donors (Lipinski definition) is 1. The molecule has 0 aromatic rings. The highest BCUT2D eigenvalue weighted by atomic mass is 16.5. The largest absolute Gasteiger partial charge is 0.469 e. The fourth-order valence-corrected chi connectivity index (χ4v) is 2.60. The molecular formula is C13H26N2O2. The molecule has 1 saturated carbocycles. The average Bonchev–Trinajstić information content (AvgIpc) is 2.37. The molecule has 4 heteroatoms. The summed E-state index contributed by atoms with van der Waals surface area (Å²) in [7, 11) is 5.61. The Kier molecular flexibility index (Phi) is 5.92. The number of carbonyl (C=O) groups is 1. The lowest BCUT2D eigenvalue weighted by molar-refractivity contribution is -0.142. The molecule has 0 radical (unpaired) electrons. The van der Waals surface area contributed by atoms with E-state index in [9.17, 15) is 4.79 Å². The van der Waals surface area contributed by atoms with Crippen LogP contribution in [-0.2, 0) is 9.53 Å². The third-order valence-corrected chi connectivity index (χ3v) is 4.07. The van der Waals surface area contributed by atoms with Crippen molar-refractivity contribution >= 4 is 5.97 Å². The molecule has 0 heterocycles. The molecule has 1 fully saturated rings. The van der Waals surface area contributed by atoms with Gasteiger partial charge < -0.3 is 15.0 Å². The predicted octanol–water partition coefficient (Wildman–Crippen LogP) is 1.40. The Bertz CT molecular complexity index is 238. The molecule has 1 rings (SSSR count). The molecule has 1 unspecified atom stereocenters. The molecule has 4 nitrogen and oxygen atoms in total. The van der Waals surface area contributed by atoms with Crippen molar-refractivity contribution in [3.8, 4) is 0 Å². The third-order valence-electron chi connectivity index (χ3n) is 4.07. The molecule has 100 valence electrons. The molecular weight excluding hydrogens is 216 g/mol. The van der Waals surface area contributed by atoms with Gasteiger partial charge in [-0.25, -0.2) is 0 Å². The van der Waals surface area contributed by atoms with E-state index in [0.717, 1.165) is 0 Å². The van der Waals surface area contributed by atoms with Crippen LogP contribution < -0.4 is 5.32 Å². The number of nitrogens with zero attached hydrogens (tertiary/aromatic N) is 1. The first-order valence-electron chi connectivity index (χ1n) is 6.54. The van der Waals surface area contributed by atoms with Gasteiger partial charge in [0.15, 0.2) is 0 Å². The molecule has 1 aliphatic carbocycles. The second kappa shape index (κ2) is 6.97. The van der Waals surface area contributed by atoms with Crippen LogP contribution in [0.3, 0.4) is 0 Å². The average molecular weight is 242 g/mol. The lowest BCUT2D eigenvalue weighted by atomic mass is 9.89. The van der Waals surface area contributed by atoms with Crippen molar-refractivity contribution in [2.45, 2.75) is 57.2 Å². The first-order valence-corrected chi connectivity index (χ1v) is 6.54. The van der Waals surface area contributed by atoms with Crippen LogP contribution >= 0.6 is 0 Å². The molecule has 0 spiro atoms. The Balaban J connectivity index is 2.37. The highest BCUT2D eigenvalue weighted by Gasteiger charge is 2.26. The van der Waals surface area contributed by atoms with Crippen molar-refractivity contribution in [3.05, 3.63) is 0 Å². The van der Waals surface area contributed by atoms with Crippen LogP contribution in [0.5, 0.6) is 0 Å². The fourth-order valence-electron chi connectivity index (χ4n) is 2.60. The molecule has 0 aromatic heterocycles. The summed E-state index contributed by atoms with van der Waals surface area (Å²) in [5.41, 5.74) is 0. The van der Waals surface area contributed by atoms with Crippen molar-refractivity contribution in [1.82, 2.24) is 10.2 Å². The van der Waals surface area contributed by atoms with E-state index in [-0.39, 0.29) is 12.0 Å². The lowest BCUT2D eigenvalue weighted by Crippen LogP contribution is -2.44. The fraction of sp³-hybridized carbons (Fsp3) is 0.923. The molecule has 0 amide bonds. The molecule has 0 saturated heterocycles. The van der Waals surface area contributed by atoms with Crippen LogP contribution in [-0.4, -0.2) is 50.2 Å². The summed E-state index contributed by atoms with van der Waals surface area (Å²) in [4.78, 5) is 13.6. The van der Waals surface area contributed by atoms with Crippen molar-refractivity contribution in [3.63, 3.8) is 0 Å². The molecule has 0 aliphatic heterocycles. The molecule has 0 aromatic carbocycles. The molecule has 17 heavy (non-hydrogen) atoms. The van der Waals surface area contributed by atoms with Crippen molar-refractivity contribution in [1.29, 1.82) is 0 Å². The minimum absolute atomic E-state index is 0.117. The van der Waals surface area contributed by atoms with Crippen molar-refractivity contribution in [2.75, 3.05) is 21.2 Å². The van der Waals surface area contributed by atoms with Crippen LogP contribution in [0, 0.1) is 0 Å². The third kappa shape index (κ3) is 4.28. The van der Waals surface area contributed by atoms with Gasteiger partial charge in [0.2, 0.25) is 0 Å². The van der Waals surface area contributed by atoms with Gasteiger partial charge in [-0.3, -0.25) is 4.79 Å². The van der Waals surface area contributed by atoms with Crippen molar-refractivity contribution in [2.24, 2.45) is 0 Å². The number of methoxy groups -OCH3 is 1. The van der Waals surface area contributed by atoms with Gasteiger partial charge >= 0.3 is 5.97 Å². The quantitative estimate of drug-likeness (QED) is 0.740. The number of ether oxygens (including phenoxy) is 1. The van der Waals surface area contributed by atoms with Crippen molar-refractivity contribution < 1.29 is 9.53 Å². The first-order chi connectivity index (χ1) is 8.08. The van der Waals surface area contributed by atoms with Gasteiger partial charge in [-0.05, 0) is 46.7 Å². The van der Waals surface area contributed by atoms with Gasteiger partial charge in [-0.1, -0.05) is 0 Å². The van der Waals surface area contributed by atoms with E-state index in [0.29, 0.717) is 18.5 Å². The topological polar surface area (TPSA) is 41.6 Å². The maximum Gasteiger partial charge on any atom is 0.307 e. The number of carbonyl (C=O) groups excluding carboxylic acids is 1. The van der Waals surface area contributed by atoms with Gasteiger partial charge in [-0.2, -0.15) is 0 Å². The van der Waals surface area contributed by atoms with Gasteiger partial charge in [0, 0.05) is 18.1 Å². The van der Waals surface area contributed by atoms with E-state index >= 15 is 0 Å². The Hall–Kier alpha value is -0.610. The van der Waals surface area contributed by atoms with Crippen LogP contribution in [0.25, 0.3) is 0 Å². The van der Waals surface area contributed by atoms with E-state index in [1.54, 1.807) is 0 Å². The Labute approximate surface area is 105 Å². The number of rotatable bonds is 5. The highest BCUT2D eigenvalue weighted by Crippen LogP contribution is 2.24. The van der Waals surface area contributed by atoms with Crippen LogP contribution in [0.2, 0.25) is 0 Å². The number of hydrogen-bond acceptors (Lipinski definition) is 4. The molecule has 0 bridgehead atoms. The van der Waals surface area contributed by atoms with E-state index < -0.39 is 0 Å². The highest BCUT2D eigenvalue weighted by molar-refractivity contribution is 5.69. The Morgan fingerprint density at radius 2 is 2.00 bits per heavy atom. The minimum atomic E-state index is -0.117. The van der Waals surface area contributed by atoms with Crippen LogP contribution in [0.1, 0.15) is 39.0 Å². The van der Waals surface area contributed by atoms with E-state index in [4.69, 9.17) is 4.74 Å². The molecule has 1 N–H and O–H groups in total. The van der Waals surface area contributed by atoms with Crippen LogP contribution in [0.4, 0.5) is 0 Å². The second-order valence-corrected chi connectivity index (χ2v) is 5.09. The van der Waals surface area contributed by atoms with E-state index in [1.807, 2.05) is 7.05 Å². The predicted molar refractivity (Wildman–Crippen MR) is 69.0 cm³/mol. The maximum atomic E-state index is 11.2. The smallest absolute Gasteiger partial charge is 0.307 e. The molecule has 1 atom stereocenters.